The summed E-state index contributed by atoms with van der Waals surface area (Å²) in [7, 11) is 1.56. The molecule has 3 heteroatoms. The largest absolute Gasteiger partial charge is 0.381 e. The van der Waals surface area contributed by atoms with Crippen LogP contribution >= 0.6 is 0 Å². The van der Waals surface area contributed by atoms with Crippen molar-refractivity contribution in [2.75, 3.05) is 7.11 Å². The molecule has 9 heavy (non-hydrogen) atoms. The summed E-state index contributed by atoms with van der Waals surface area (Å²) in [6, 6.07) is 0. The van der Waals surface area contributed by atoms with E-state index in [1.165, 1.54) is 0 Å². The van der Waals surface area contributed by atoms with Crippen LogP contribution in [0.4, 0.5) is 0 Å². The zero-order valence-corrected chi connectivity index (χ0v) is 6.05. The van der Waals surface area contributed by atoms with Gasteiger partial charge < -0.3 is 10.5 Å². The Labute approximate surface area is 55.2 Å². The maximum atomic E-state index is 10.4. The molecule has 0 saturated carbocycles. The molecule has 2 N–H and O–H groups in total. The number of methoxy groups -OCH3 is 1. The molecule has 0 bridgehead atoms. The van der Waals surface area contributed by atoms with E-state index in [0.717, 1.165) is 0 Å². The minimum absolute atomic E-state index is 0.0810. The normalized spacial score (nSPS) is 16.8. The van der Waals surface area contributed by atoms with Gasteiger partial charge in [-0.2, -0.15) is 0 Å². The van der Waals surface area contributed by atoms with Crippen LogP contribution < -0.4 is 5.73 Å². The van der Waals surface area contributed by atoms with E-state index >= 15 is 0 Å². The molecule has 0 saturated heterocycles. The minimum Gasteiger partial charge on any atom is -0.381 e. The quantitative estimate of drug-likeness (QED) is 0.592. The van der Waals surface area contributed by atoms with Gasteiger partial charge in [-0.3, -0.25) is 4.79 Å². The van der Waals surface area contributed by atoms with Crippen molar-refractivity contribution in [2.24, 2.45) is 11.7 Å². The van der Waals surface area contributed by atoms with Gasteiger partial charge in [0.05, 0.1) is 12.0 Å². The highest BCUT2D eigenvalue weighted by Gasteiger charge is 2.15. The van der Waals surface area contributed by atoms with Crippen molar-refractivity contribution in [3.63, 3.8) is 0 Å². The first-order chi connectivity index (χ1) is 4.09. The van der Waals surface area contributed by atoms with E-state index in [1.807, 2.05) is 6.92 Å². The van der Waals surface area contributed by atoms with Crippen LogP contribution in [0.15, 0.2) is 0 Å². The predicted octanol–water partition coefficient (Wildman–Crippen LogP) is 0.143. The summed E-state index contributed by atoms with van der Waals surface area (Å²) in [6.45, 7) is 3.56. The van der Waals surface area contributed by atoms with Crippen molar-refractivity contribution in [3.8, 4) is 0 Å². The van der Waals surface area contributed by atoms with Crippen molar-refractivity contribution >= 4 is 5.91 Å². The van der Waals surface area contributed by atoms with Gasteiger partial charge in [-0.25, -0.2) is 0 Å². The molecule has 0 rings (SSSR count). The van der Waals surface area contributed by atoms with Crippen LogP contribution in [0.3, 0.4) is 0 Å². The summed E-state index contributed by atoms with van der Waals surface area (Å²) in [5.41, 5.74) is 4.99. The van der Waals surface area contributed by atoms with E-state index in [2.05, 4.69) is 0 Å². The van der Waals surface area contributed by atoms with Gasteiger partial charge in [-0.05, 0) is 6.92 Å². The zero-order valence-electron chi connectivity index (χ0n) is 6.05. The molecule has 0 spiro atoms. The Morgan fingerprint density at radius 1 is 1.56 bits per heavy atom. The lowest BCUT2D eigenvalue weighted by molar-refractivity contribution is -0.124. The van der Waals surface area contributed by atoms with Gasteiger partial charge in [0.25, 0.3) is 0 Å². The van der Waals surface area contributed by atoms with Crippen LogP contribution in [-0.4, -0.2) is 19.1 Å². The van der Waals surface area contributed by atoms with Gasteiger partial charge in [0.1, 0.15) is 0 Å². The van der Waals surface area contributed by atoms with Crippen LogP contribution in [0.5, 0.6) is 0 Å². The highest BCUT2D eigenvalue weighted by Crippen LogP contribution is 2.03. The molecule has 0 radical (unpaired) electrons. The summed E-state index contributed by atoms with van der Waals surface area (Å²) in [5.74, 6) is -0.514. The van der Waals surface area contributed by atoms with Gasteiger partial charge in [-0.15, -0.1) is 0 Å². The van der Waals surface area contributed by atoms with Crippen molar-refractivity contribution in [1.29, 1.82) is 0 Å². The smallest absolute Gasteiger partial charge is 0.222 e. The van der Waals surface area contributed by atoms with Crippen LogP contribution in [0.2, 0.25) is 0 Å². The highest BCUT2D eigenvalue weighted by molar-refractivity contribution is 5.76. The molecule has 2 unspecified atom stereocenters. The first-order valence-electron chi connectivity index (χ1n) is 2.91. The number of primary amides is 1. The third-order valence-corrected chi connectivity index (χ3v) is 1.52. The van der Waals surface area contributed by atoms with Gasteiger partial charge in [0, 0.05) is 7.11 Å². The van der Waals surface area contributed by atoms with Gasteiger partial charge >= 0.3 is 0 Å². The van der Waals surface area contributed by atoms with E-state index in [9.17, 15) is 4.79 Å². The molecule has 0 aromatic carbocycles. The second-order valence-corrected chi connectivity index (χ2v) is 2.13. The SMILES string of the molecule is COC(C)C(C)C(N)=O. The van der Waals surface area contributed by atoms with Gasteiger partial charge in [0.2, 0.25) is 5.91 Å². The number of hydrogen-bond acceptors (Lipinski definition) is 2. The fourth-order valence-electron chi connectivity index (χ4n) is 0.435. The number of ether oxygens (including phenoxy) is 1. The molecular weight excluding hydrogens is 118 g/mol. The third-order valence-electron chi connectivity index (χ3n) is 1.52. The van der Waals surface area contributed by atoms with E-state index in [-0.39, 0.29) is 17.9 Å². The van der Waals surface area contributed by atoms with Gasteiger partial charge in [-0.1, -0.05) is 6.92 Å². The lowest BCUT2D eigenvalue weighted by atomic mass is 10.1. The summed E-state index contributed by atoms with van der Waals surface area (Å²) < 4.78 is 4.87. The van der Waals surface area contributed by atoms with Crippen molar-refractivity contribution in [1.82, 2.24) is 0 Å². The van der Waals surface area contributed by atoms with E-state index in [0.29, 0.717) is 0 Å². The Bertz CT molecular complexity index is 103. The van der Waals surface area contributed by atoms with Crippen LogP contribution in [0, 0.1) is 5.92 Å². The van der Waals surface area contributed by atoms with Gasteiger partial charge in [0.15, 0.2) is 0 Å². The molecule has 0 aromatic heterocycles. The van der Waals surface area contributed by atoms with E-state index < -0.39 is 0 Å². The molecule has 0 aromatic rings. The van der Waals surface area contributed by atoms with E-state index in [4.69, 9.17) is 10.5 Å². The van der Waals surface area contributed by atoms with Crippen LogP contribution in [0.1, 0.15) is 13.8 Å². The number of carbonyl (C=O) groups excluding carboxylic acids is 1. The maximum Gasteiger partial charge on any atom is 0.222 e. The Balaban J connectivity index is 3.72. The molecule has 2 atom stereocenters. The number of amides is 1. The second kappa shape index (κ2) is 3.45. The summed E-state index contributed by atoms with van der Waals surface area (Å²) in [4.78, 5) is 10.4. The average molecular weight is 131 g/mol. The summed E-state index contributed by atoms with van der Waals surface area (Å²) in [6.07, 6.45) is -0.0810. The second-order valence-electron chi connectivity index (χ2n) is 2.13. The lowest BCUT2D eigenvalue weighted by Gasteiger charge is -2.13. The molecule has 0 aliphatic heterocycles. The molecular formula is C6H13NO2. The first kappa shape index (κ1) is 8.43. The molecule has 0 aliphatic carbocycles. The highest BCUT2D eigenvalue weighted by atomic mass is 16.5. The van der Waals surface area contributed by atoms with Crippen molar-refractivity contribution < 1.29 is 9.53 Å². The number of nitrogens with two attached hydrogens (primary N) is 1. The minimum atomic E-state index is -0.315. The zero-order chi connectivity index (χ0) is 7.44. The number of hydrogen-bond donors (Lipinski definition) is 1. The predicted molar refractivity (Wildman–Crippen MR) is 34.8 cm³/mol. The standard InChI is InChI=1S/C6H13NO2/c1-4(6(7)8)5(2)9-3/h4-5H,1-3H3,(H2,7,8). The Morgan fingerprint density at radius 2 is 2.00 bits per heavy atom. The summed E-state index contributed by atoms with van der Waals surface area (Å²) >= 11 is 0. The molecule has 0 heterocycles. The third kappa shape index (κ3) is 2.46. The Hall–Kier alpha value is -0.570. The maximum absolute atomic E-state index is 10.4. The molecule has 1 amide bonds. The monoisotopic (exact) mass is 131 g/mol. The van der Waals surface area contributed by atoms with Crippen molar-refractivity contribution in [3.05, 3.63) is 0 Å². The Morgan fingerprint density at radius 3 is 2.11 bits per heavy atom. The Kier molecular flexibility index (Phi) is 3.24. The van der Waals surface area contributed by atoms with E-state index in [1.54, 1.807) is 14.0 Å². The summed E-state index contributed by atoms with van der Waals surface area (Å²) in [5, 5.41) is 0. The topological polar surface area (TPSA) is 52.3 Å². The molecule has 54 valence electrons. The first-order valence-corrected chi connectivity index (χ1v) is 2.91. The molecule has 3 nitrogen and oxygen atoms in total. The van der Waals surface area contributed by atoms with Crippen LogP contribution in [-0.2, 0) is 9.53 Å². The number of carbonyl (C=O) groups is 1. The average Bonchev–Trinajstić information content (AvgIpc) is 1.84. The lowest BCUT2D eigenvalue weighted by Crippen LogP contribution is -2.30. The fraction of sp³-hybridized carbons (Fsp3) is 0.833. The molecule has 0 fully saturated rings. The number of rotatable bonds is 3. The molecule has 0 aliphatic rings. The fourth-order valence-corrected chi connectivity index (χ4v) is 0.435. The van der Waals surface area contributed by atoms with Crippen molar-refractivity contribution in [2.45, 2.75) is 20.0 Å². The van der Waals surface area contributed by atoms with Crippen LogP contribution in [0.25, 0.3) is 0 Å².